The van der Waals surface area contributed by atoms with Crippen molar-refractivity contribution in [2.24, 2.45) is 0 Å². The van der Waals surface area contributed by atoms with Gasteiger partial charge >= 0.3 is 0 Å². The smallest absolute Gasteiger partial charge is 0.272 e. The maximum atomic E-state index is 13.1. The fourth-order valence-corrected chi connectivity index (χ4v) is 3.96. The molecule has 6 heteroatoms. The van der Waals surface area contributed by atoms with Crippen LogP contribution in [0, 0.1) is 11.7 Å². The summed E-state index contributed by atoms with van der Waals surface area (Å²) in [5, 5.41) is 0. The lowest BCUT2D eigenvalue weighted by Gasteiger charge is -2.34. The fourth-order valence-electron chi connectivity index (χ4n) is 3.70. The number of nitrogens with one attached hydrogen (secondary N) is 1. The third-order valence-corrected chi connectivity index (χ3v) is 5.46. The molecule has 1 amide bonds. The van der Waals surface area contributed by atoms with Crippen LogP contribution in [0.2, 0.25) is 0 Å². The number of H-pyrrole nitrogens is 1. The summed E-state index contributed by atoms with van der Waals surface area (Å²) in [7, 11) is 0. The molecule has 0 radical (unpaired) electrons. The van der Waals surface area contributed by atoms with Gasteiger partial charge in [0.15, 0.2) is 4.77 Å². The van der Waals surface area contributed by atoms with Gasteiger partial charge in [0.05, 0.1) is 0 Å². The maximum Gasteiger partial charge on any atom is 0.272 e. The Labute approximate surface area is 170 Å². The Bertz CT molecular complexity index is 1020. The largest absolute Gasteiger partial charge is 0.336 e. The lowest BCUT2D eigenvalue weighted by molar-refractivity contribution is 0.0620. The molecule has 144 valence electrons. The Morgan fingerprint density at radius 2 is 1.79 bits per heavy atom. The summed E-state index contributed by atoms with van der Waals surface area (Å²) < 4.78 is 2.35. The Morgan fingerprint density at radius 1 is 1.04 bits per heavy atom. The second-order valence-electron chi connectivity index (χ2n) is 7.21. The van der Waals surface area contributed by atoms with Gasteiger partial charge in [0.1, 0.15) is 5.69 Å². The molecule has 1 aliphatic rings. The van der Waals surface area contributed by atoms with Gasteiger partial charge in [-0.1, -0.05) is 48.0 Å². The van der Waals surface area contributed by atoms with E-state index in [0.717, 1.165) is 38.4 Å². The molecule has 1 fully saturated rings. The summed E-state index contributed by atoms with van der Waals surface area (Å²) in [4.78, 5) is 20.5. The van der Waals surface area contributed by atoms with E-state index in [0.29, 0.717) is 10.5 Å². The molecule has 1 aliphatic heterocycles. The van der Waals surface area contributed by atoms with Crippen molar-refractivity contribution in [3.63, 3.8) is 0 Å². The minimum atomic E-state index is 0.0198. The quantitative estimate of drug-likeness (QED) is 0.687. The molecule has 28 heavy (non-hydrogen) atoms. The topological polar surface area (TPSA) is 44.3 Å². The number of para-hydroxylation sites is 1. The average Bonchev–Trinajstić information content (AvgIpc) is 3.10. The van der Waals surface area contributed by atoms with Gasteiger partial charge in [-0.25, -0.2) is 0 Å². The second kappa shape index (κ2) is 8.12. The van der Waals surface area contributed by atoms with Crippen LogP contribution in [0.4, 0.5) is 0 Å². The second-order valence-corrected chi connectivity index (χ2v) is 7.59. The third kappa shape index (κ3) is 3.93. The van der Waals surface area contributed by atoms with Crippen LogP contribution in [0.25, 0.3) is 5.69 Å². The van der Waals surface area contributed by atoms with Crippen molar-refractivity contribution in [3.8, 4) is 5.69 Å². The molecule has 1 N–H and O–H groups in total. The van der Waals surface area contributed by atoms with Crippen molar-refractivity contribution in [3.05, 3.63) is 82.4 Å². The lowest BCUT2D eigenvalue weighted by Crippen LogP contribution is -2.48. The zero-order valence-corrected chi connectivity index (χ0v) is 16.8. The van der Waals surface area contributed by atoms with E-state index in [4.69, 9.17) is 12.2 Å². The zero-order chi connectivity index (χ0) is 19.5. The minimum Gasteiger partial charge on any atom is -0.336 e. The predicted octanol–water partition coefficient (Wildman–Crippen LogP) is 3.80. The molecule has 0 unspecified atom stereocenters. The normalized spacial score (nSPS) is 15.0. The molecule has 1 saturated heterocycles. The Morgan fingerprint density at radius 3 is 2.50 bits per heavy atom. The van der Waals surface area contributed by atoms with Gasteiger partial charge in [-0.3, -0.25) is 14.3 Å². The van der Waals surface area contributed by atoms with Crippen LogP contribution < -0.4 is 0 Å². The van der Waals surface area contributed by atoms with Crippen LogP contribution >= 0.6 is 12.2 Å². The van der Waals surface area contributed by atoms with Crippen LogP contribution in [-0.2, 0) is 6.54 Å². The highest BCUT2D eigenvalue weighted by atomic mass is 32.1. The highest BCUT2D eigenvalue weighted by Gasteiger charge is 2.25. The highest BCUT2D eigenvalue weighted by molar-refractivity contribution is 7.71. The maximum absolute atomic E-state index is 13.1. The van der Waals surface area contributed by atoms with E-state index in [-0.39, 0.29) is 5.91 Å². The van der Waals surface area contributed by atoms with Gasteiger partial charge < -0.3 is 9.88 Å². The van der Waals surface area contributed by atoms with Crippen LogP contribution in [0.1, 0.15) is 21.6 Å². The van der Waals surface area contributed by atoms with Gasteiger partial charge in [-0.2, -0.15) is 0 Å². The molecule has 2 aromatic carbocycles. The molecule has 0 saturated carbocycles. The number of aryl methyl sites for hydroxylation is 1. The molecule has 2 heterocycles. The monoisotopic (exact) mass is 392 g/mol. The number of benzene rings is 2. The first kappa shape index (κ1) is 18.7. The highest BCUT2D eigenvalue weighted by Crippen LogP contribution is 2.16. The van der Waals surface area contributed by atoms with E-state index in [1.807, 2.05) is 39.8 Å². The van der Waals surface area contributed by atoms with E-state index in [1.54, 1.807) is 6.20 Å². The summed E-state index contributed by atoms with van der Waals surface area (Å²) in [6.45, 7) is 6.22. The first-order chi connectivity index (χ1) is 13.6. The third-order valence-electron chi connectivity index (χ3n) is 5.16. The van der Waals surface area contributed by atoms with Crippen molar-refractivity contribution in [2.45, 2.75) is 13.5 Å². The average molecular weight is 393 g/mol. The number of aromatic amines is 1. The predicted molar refractivity (Wildman–Crippen MR) is 113 cm³/mol. The van der Waals surface area contributed by atoms with E-state index in [9.17, 15) is 4.79 Å². The summed E-state index contributed by atoms with van der Waals surface area (Å²) >= 11 is 5.41. The first-order valence-corrected chi connectivity index (χ1v) is 9.96. The molecule has 1 aromatic heterocycles. The Balaban J connectivity index is 1.44. The SMILES string of the molecule is Cc1cccc(CN2CCN(C(=O)c3c[nH]c(=S)n3-c3ccccc3)CC2)c1. The van der Waals surface area contributed by atoms with Gasteiger partial charge in [-0.05, 0) is 36.8 Å². The molecule has 5 nitrogen and oxygen atoms in total. The number of hydrogen-bond acceptors (Lipinski definition) is 3. The van der Waals surface area contributed by atoms with Gasteiger partial charge in [0.25, 0.3) is 5.91 Å². The van der Waals surface area contributed by atoms with Gasteiger partial charge in [0, 0.05) is 44.6 Å². The first-order valence-electron chi connectivity index (χ1n) is 9.55. The van der Waals surface area contributed by atoms with Gasteiger partial charge in [-0.15, -0.1) is 0 Å². The molecule has 3 aromatic rings. The number of rotatable bonds is 4. The number of aromatic nitrogens is 2. The van der Waals surface area contributed by atoms with Gasteiger partial charge in [0.2, 0.25) is 0 Å². The van der Waals surface area contributed by atoms with Crippen LogP contribution in [-0.4, -0.2) is 51.4 Å². The molecule has 0 bridgehead atoms. The Kier molecular flexibility index (Phi) is 5.41. The number of hydrogen-bond donors (Lipinski definition) is 1. The van der Waals surface area contributed by atoms with Crippen LogP contribution in [0.3, 0.4) is 0 Å². The molecular weight excluding hydrogens is 368 g/mol. The number of carbonyl (C=O) groups excluding carboxylic acids is 1. The molecular formula is C22H24N4OS. The Hall–Kier alpha value is -2.70. The summed E-state index contributed by atoms with van der Waals surface area (Å²) in [6, 6.07) is 18.4. The molecule has 0 spiro atoms. The van der Waals surface area contributed by atoms with Crippen LogP contribution in [0.5, 0.6) is 0 Å². The van der Waals surface area contributed by atoms with Crippen molar-refractivity contribution >= 4 is 18.1 Å². The van der Waals surface area contributed by atoms with E-state index < -0.39 is 0 Å². The lowest BCUT2D eigenvalue weighted by atomic mass is 10.1. The molecule has 0 atom stereocenters. The van der Waals surface area contributed by atoms with Crippen LogP contribution in [0.15, 0.2) is 60.8 Å². The van der Waals surface area contributed by atoms with E-state index in [2.05, 4.69) is 41.1 Å². The van der Waals surface area contributed by atoms with E-state index >= 15 is 0 Å². The van der Waals surface area contributed by atoms with Crippen molar-refractivity contribution in [1.29, 1.82) is 0 Å². The number of carbonyl (C=O) groups is 1. The number of piperazine rings is 1. The standard InChI is InChI=1S/C22H24N4OS/c1-17-6-5-7-18(14-17)16-24-10-12-25(13-11-24)21(27)20-15-23-22(28)26(20)19-8-3-2-4-9-19/h2-9,14-15H,10-13,16H2,1H3,(H,23,28). The number of imidazole rings is 1. The number of amides is 1. The molecule has 0 aliphatic carbocycles. The zero-order valence-electron chi connectivity index (χ0n) is 16.0. The minimum absolute atomic E-state index is 0.0198. The van der Waals surface area contributed by atoms with Crippen molar-refractivity contribution in [2.75, 3.05) is 26.2 Å². The fraction of sp³-hybridized carbons (Fsp3) is 0.273. The summed E-state index contributed by atoms with van der Waals surface area (Å²) in [5.41, 5.74) is 4.09. The van der Waals surface area contributed by atoms with Crippen molar-refractivity contribution in [1.82, 2.24) is 19.4 Å². The van der Waals surface area contributed by atoms with E-state index in [1.165, 1.54) is 11.1 Å². The molecule has 4 rings (SSSR count). The summed E-state index contributed by atoms with van der Waals surface area (Å²) in [6.07, 6.45) is 1.72. The summed E-state index contributed by atoms with van der Waals surface area (Å²) in [5.74, 6) is 0.0198. The van der Waals surface area contributed by atoms with Crippen molar-refractivity contribution < 1.29 is 4.79 Å². The number of nitrogens with zero attached hydrogens (tertiary/aromatic N) is 3.